The lowest BCUT2D eigenvalue weighted by Gasteiger charge is -2.36. The van der Waals surface area contributed by atoms with E-state index in [1.54, 1.807) is 30.2 Å². The number of nitrogens with zero attached hydrogens (tertiary/aromatic N) is 2. The van der Waals surface area contributed by atoms with Crippen LogP contribution in [0.25, 0.3) is 11.1 Å². The van der Waals surface area contributed by atoms with Gasteiger partial charge in [0.2, 0.25) is 0 Å². The molecule has 4 aromatic rings. The van der Waals surface area contributed by atoms with E-state index in [1.165, 1.54) is 0 Å². The highest BCUT2D eigenvalue weighted by molar-refractivity contribution is 7.99. The fourth-order valence-electron chi connectivity index (χ4n) is 4.53. The van der Waals surface area contributed by atoms with Crippen LogP contribution in [0.4, 0.5) is 0 Å². The van der Waals surface area contributed by atoms with Gasteiger partial charge in [-0.25, -0.2) is 9.97 Å². The van der Waals surface area contributed by atoms with Gasteiger partial charge in [-0.3, -0.25) is 4.79 Å². The molecule has 0 saturated carbocycles. The summed E-state index contributed by atoms with van der Waals surface area (Å²) in [6.07, 6.45) is 3.28. The Labute approximate surface area is 263 Å². The second-order valence-corrected chi connectivity index (χ2v) is 13.0. The summed E-state index contributed by atoms with van der Waals surface area (Å²) in [6.45, 7) is 0.225. The number of thioether (sulfide) groups is 1. The zero-order valence-corrected chi connectivity index (χ0v) is 25.4. The lowest BCUT2D eigenvalue weighted by Crippen LogP contribution is -2.33. The standard InChI is InChI=1S/C31H28Cl3N3O4S/c32-31(33,34)29(39)37-17-21-3-1-4-25(15-21)22-9-11-24(12-10-22)28-40-26(19-42-30-35-13-2-14-36-30)16-27(41-28)23-7-5-20(18-38)6-8-23/h1-15,26-28,38H,16-19H2,(H,37,39). The molecular formula is C31H28Cl3N3O4S. The molecule has 2 N–H and O–H groups in total. The predicted molar refractivity (Wildman–Crippen MR) is 165 cm³/mol. The molecule has 5 rings (SSSR count). The molecular weight excluding hydrogens is 617 g/mol. The third-order valence-corrected chi connectivity index (χ3v) is 8.23. The van der Waals surface area contributed by atoms with Crippen molar-refractivity contribution in [3.8, 4) is 11.1 Å². The van der Waals surface area contributed by atoms with Crippen molar-refractivity contribution in [2.75, 3.05) is 5.75 Å². The number of benzene rings is 3. The highest BCUT2D eigenvalue weighted by Crippen LogP contribution is 2.39. The summed E-state index contributed by atoms with van der Waals surface area (Å²) in [5.74, 6) is -0.000189. The minimum Gasteiger partial charge on any atom is -0.392 e. The SMILES string of the molecule is O=C(NCc1cccc(-c2ccc(C3OC(CSc4ncccn4)CC(c4ccc(CO)cc4)O3)cc2)c1)C(Cl)(Cl)Cl. The summed E-state index contributed by atoms with van der Waals surface area (Å²) in [4.78, 5) is 20.5. The fraction of sp³-hybridized carbons (Fsp3) is 0.258. The molecule has 0 aliphatic carbocycles. The third-order valence-electron chi connectivity index (χ3n) is 6.71. The number of nitrogens with one attached hydrogen (secondary N) is 1. The molecule has 0 spiro atoms. The summed E-state index contributed by atoms with van der Waals surface area (Å²) in [6, 6.07) is 25.4. The Balaban J connectivity index is 1.31. The first kappa shape index (κ1) is 30.8. The number of aromatic nitrogens is 2. The number of carbonyl (C=O) groups is 1. The Kier molecular flexibility index (Phi) is 10.4. The molecule has 1 fully saturated rings. The number of amides is 1. The number of rotatable bonds is 9. The van der Waals surface area contributed by atoms with Gasteiger partial charge >= 0.3 is 0 Å². The van der Waals surface area contributed by atoms with Gasteiger partial charge in [-0.2, -0.15) is 0 Å². The minimum absolute atomic E-state index is 0.00721. The quantitative estimate of drug-likeness (QED) is 0.116. The maximum atomic E-state index is 11.9. The van der Waals surface area contributed by atoms with Crippen molar-refractivity contribution in [1.82, 2.24) is 15.3 Å². The number of carbonyl (C=O) groups excluding carboxylic acids is 1. The average Bonchev–Trinajstić information content (AvgIpc) is 3.03. The summed E-state index contributed by atoms with van der Waals surface area (Å²) < 4.78 is 10.9. The van der Waals surface area contributed by atoms with E-state index in [4.69, 9.17) is 44.3 Å². The molecule has 11 heteroatoms. The summed E-state index contributed by atoms with van der Waals surface area (Å²) in [5, 5.41) is 12.8. The molecule has 218 valence electrons. The summed E-state index contributed by atoms with van der Waals surface area (Å²) >= 11 is 18.5. The van der Waals surface area contributed by atoms with Crippen LogP contribution in [-0.2, 0) is 27.4 Å². The first-order valence-electron chi connectivity index (χ1n) is 13.2. The van der Waals surface area contributed by atoms with Gasteiger partial charge in [-0.15, -0.1) is 0 Å². The van der Waals surface area contributed by atoms with Gasteiger partial charge in [0.05, 0.1) is 18.8 Å². The Morgan fingerprint density at radius 1 is 0.905 bits per heavy atom. The fourth-order valence-corrected chi connectivity index (χ4v) is 5.55. The zero-order chi connectivity index (χ0) is 29.5. The van der Waals surface area contributed by atoms with E-state index in [2.05, 4.69) is 15.3 Å². The molecule has 1 aliphatic rings. The monoisotopic (exact) mass is 643 g/mol. The molecule has 0 radical (unpaired) electrons. The molecule has 2 heterocycles. The minimum atomic E-state index is -2.01. The number of hydrogen-bond donors (Lipinski definition) is 2. The second-order valence-electron chi connectivity index (χ2n) is 9.70. The molecule has 0 bridgehead atoms. The first-order valence-corrected chi connectivity index (χ1v) is 15.3. The highest BCUT2D eigenvalue weighted by atomic mass is 35.6. The second kappa shape index (κ2) is 14.2. The van der Waals surface area contributed by atoms with E-state index in [0.717, 1.165) is 33.4 Å². The van der Waals surface area contributed by atoms with Crippen LogP contribution in [0.3, 0.4) is 0 Å². The Morgan fingerprint density at radius 2 is 1.62 bits per heavy atom. The molecule has 7 nitrogen and oxygen atoms in total. The molecule has 3 atom stereocenters. The van der Waals surface area contributed by atoms with Crippen LogP contribution in [0.1, 0.15) is 41.1 Å². The maximum Gasteiger partial charge on any atom is 0.272 e. The smallest absolute Gasteiger partial charge is 0.272 e. The Hall–Kier alpha value is -2.69. The van der Waals surface area contributed by atoms with E-state index >= 15 is 0 Å². The Morgan fingerprint density at radius 3 is 2.31 bits per heavy atom. The van der Waals surface area contributed by atoms with Crippen LogP contribution in [0, 0.1) is 0 Å². The number of hydrogen-bond acceptors (Lipinski definition) is 7. The topological polar surface area (TPSA) is 93.6 Å². The van der Waals surface area contributed by atoms with Crippen molar-refractivity contribution in [1.29, 1.82) is 0 Å². The van der Waals surface area contributed by atoms with Gasteiger partial charge < -0.3 is 19.9 Å². The molecule has 3 unspecified atom stereocenters. The van der Waals surface area contributed by atoms with E-state index in [9.17, 15) is 9.90 Å². The van der Waals surface area contributed by atoms with Crippen LogP contribution >= 0.6 is 46.6 Å². The molecule has 1 aromatic heterocycles. The van der Waals surface area contributed by atoms with Crippen molar-refractivity contribution in [3.63, 3.8) is 0 Å². The van der Waals surface area contributed by atoms with Crippen molar-refractivity contribution in [3.05, 3.63) is 114 Å². The third kappa shape index (κ3) is 8.23. The van der Waals surface area contributed by atoms with E-state index < -0.39 is 16.0 Å². The number of halogens is 3. The maximum absolute atomic E-state index is 11.9. The van der Waals surface area contributed by atoms with Crippen molar-refractivity contribution >= 4 is 52.5 Å². The van der Waals surface area contributed by atoms with Gasteiger partial charge in [0, 0.05) is 36.7 Å². The number of aliphatic hydroxyl groups excluding tert-OH is 1. The normalized spacial score (nSPS) is 18.9. The lowest BCUT2D eigenvalue weighted by atomic mass is 9.99. The van der Waals surface area contributed by atoms with Gasteiger partial charge in [0.15, 0.2) is 11.4 Å². The molecule has 1 saturated heterocycles. The lowest BCUT2D eigenvalue weighted by molar-refractivity contribution is -0.245. The molecule has 1 aliphatic heterocycles. The van der Waals surface area contributed by atoms with Gasteiger partial charge in [0.25, 0.3) is 9.70 Å². The largest absolute Gasteiger partial charge is 0.392 e. The molecule has 42 heavy (non-hydrogen) atoms. The van der Waals surface area contributed by atoms with Crippen LogP contribution in [0.15, 0.2) is 96.4 Å². The van der Waals surface area contributed by atoms with Gasteiger partial charge in [-0.1, -0.05) is 113 Å². The van der Waals surface area contributed by atoms with E-state index in [0.29, 0.717) is 17.3 Å². The van der Waals surface area contributed by atoms with Crippen molar-refractivity contribution < 1.29 is 19.4 Å². The van der Waals surface area contributed by atoms with E-state index in [-0.39, 0.29) is 25.4 Å². The van der Waals surface area contributed by atoms with Crippen LogP contribution < -0.4 is 5.32 Å². The van der Waals surface area contributed by atoms with Crippen molar-refractivity contribution in [2.24, 2.45) is 0 Å². The predicted octanol–water partition coefficient (Wildman–Crippen LogP) is 6.96. The number of ether oxygens (including phenoxy) is 2. The average molecular weight is 645 g/mol. The summed E-state index contributed by atoms with van der Waals surface area (Å²) in [7, 11) is 0. The zero-order valence-electron chi connectivity index (χ0n) is 22.3. The number of alkyl halides is 3. The van der Waals surface area contributed by atoms with Crippen LogP contribution in [0.2, 0.25) is 0 Å². The number of aliphatic hydroxyl groups is 1. The van der Waals surface area contributed by atoms with Crippen LogP contribution in [0.5, 0.6) is 0 Å². The molecule has 1 amide bonds. The van der Waals surface area contributed by atoms with Crippen LogP contribution in [-0.4, -0.2) is 36.6 Å². The summed E-state index contributed by atoms with van der Waals surface area (Å²) in [5.41, 5.74) is 5.62. The van der Waals surface area contributed by atoms with Crippen molar-refractivity contribution in [2.45, 2.75) is 47.0 Å². The van der Waals surface area contributed by atoms with E-state index in [1.807, 2.05) is 72.8 Å². The molecule has 3 aromatic carbocycles. The Bertz CT molecular complexity index is 1470. The highest BCUT2D eigenvalue weighted by Gasteiger charge is 2.32. The first-order chi connectivity index (χ1) is 20.3. The van der Waals surface area contributed by atoms with Gasteiger partial charge in [-0.05, 0) is 39.9 Å². The van der Waals surface area contributed by atoms with Gasteiger partial charge in [0.1, 0.15) is 0 Å².